The summed E-state index contributed by atoms with van der Waals surface area (Å²) >= 11 is 0. The van der Waals surface area contributed by atoms with E-state index in [1.165, 1.54) is 5.39 Å². The SMILES string of the molecule is CCOC(=O)c1c(C)[nH]c(C)c1-c1ccc2ccccc2c1. The topological polar surface area (TPSA) is 42.1 Å². The van der Waals surface area contributed by atoms with Crippen molar-refractivity contribution < 1.29 is 9.53 Å². The first kappa shape index (κ1) is 14.4. The number of ether oxygens (including phenoxy) is 1. The Morgan fingerprint density at radius 2 is 1.77 bits per heavy atom. The van der Waals surface area contributed by atoms with Crippen LogP contribution in [-0.2, 0) is 4.74 Å². The van der Waals surface area contributed by atoms with Crippen molar-refractivity contribution >= 4 is 16.7 Å². The van der Waals surface area contributed by atoms with Gasteiger partial charge in [-0.05, 0) is 43.2 Å². The Labute approximate surface area is 129 Å². The fourth-order valence-electron chi connectivity index (χ4n) is 2.95. The minimum Gasteiger partial charge on any atom is -0.462 e. The van der Waals surface area contributed by atoms with Crippen molar-refractivity contribution in [1.29, 1.82) is 0 Å². The molecule has 3 rings (SSSR count). The van der Waals surface area contributed by atoms with Crippen LogP contribution in [0.25, 0.3) is 21.9 Å². The molecule has 0 spiro atoms. The van der Waals surface area contributed by atoms with Gasteiger partial charge in [0.1, 0.15) is 0 Å². The highest BCUT2D eigenvalue weighted by atomic mass is 16.5. The molecule has 0 aliphatic heterocycles. The predicted molar refractivity (Wildman–Crippen MR) is 89.2 cm³/mol. The van der Waals surface area contributed by atoms with E-state index in [2.05, 4.69) is 35.3 Å². The van der Waals surface area contributed by atoms with Gasteiger partial charge in [0, 0.05) is 17.0 Å². The number of hydrogen-bond donors (Lipinski definition) is 1. The van der Waals surface area contributed by atoms with Crippen molar-refractivity contribution in [2.75, 3.05) is 6.61 Å². The van der Waals surface area contributed by atoms with E-state index in [4.69, 9.17) is 4.74 Å². The maximum absolute atomic E-state index is 12.3. The lowest BCUT2D eigenvalue weighted by molar-refractivity contribution is 0.0526. The van der Waals surface area contributed by atoms with Crippen molar-refractivity contribution in [3.63, 3.8) is 0 Å². The molecular formula is C19H19NO2. The fraction of sp³-hybridized carbons (Fsp3) is 0.211. The van der Waals surface area contributed by atoms with E-state index >= 15 is 0 Å². The molecule has 0 saturated heterocycles. The Kier molecular flexibility index (Phi) is 3.72. The molecule has 1 N–H and O–H groups in total. The van der Waals surface area contributed by atoms with Crippen LogP contribution < -0.4 is 0 Å². The third-order valence-corrected chi connectivity index (χ3v) is 3.89. The van der Waals surface area contributed by atoms with E-state index in [-0.39, 0.29) is 5.97 Å². The molecule has 2 aromatic carbocycles. The molecular weight excluding hydrogens is 274 g/mol. The van der Waals surface area contributed by atoms with Gasteiger partial charge in [0.05, 0.1) is 12.2 Å². The molecule has 0 aliphatic carbocycles. The van der Waals surface area contributed by atoms with Gasteiger partial charge in [0.2, 0.25) is 0 Å². The number of nitrogens with one attached hydrogen (secondary N) is 1. The minimum absolute atomic E-state index is 0.271. The molecule has 112 valence electrons. The van der Waals surface area contributed by atoms with E-state index in [9.17, 15) is 4.79 Å². The predicted octanol–water partition coefficient (Wildman–Crippen LogP) is 4.63. The molecule has 0 aliphatic rings. The Morgan fingerprint density at radius 1 is 1.05 bits per heavy atom. The lowest BCUT2D eigenvalue weighted by Gasteiger charge is -2.08. The van der Waals surface area contributed by atoms with Gasteiger partial charge in [-0.15, -0.1) is 0 Å². The fourth-order valence-corrected chi connectivity index (χ4v) is 2.95. The van der Waals surface area contributed by atoms with E-state index in [1.54, 1.807) is 0 Å². The molecule has 3 heteroatoms. The molecule has 22 heavy (non-hydrogen) atoms. The lowest BCUT2D eigenvalue weighted by Crippen LogP contribution is -2.06. The summed E-state index contributed by atoms with van der Waals surface area (Å²) in [5, 5.41) is 2.35. The molecule has 1 aromatic heterocycles. The molecule has 0 bridgehead atoms. The average molecular weight is 293 g/mol. The summed E-state index contributed by atoms with van der Waals surface area (Å²) in [6.07, 6.45) is 0. The molecule has 0 atom stereocenters. The lowest BCUT2D eigenvalue weighted by atomic mass is 9.97. The monoisotopic (exact) mass is 293 g/mol. The van der Waals surface area contributed by atoms with Crippen molar-refractivity contribution in [3.05, 3.63) is 59.4 Å². The van der Waals surface area contributed by atoms with Crippen LogP contribution >= 0.6 is 0 Å². The summed E-state index contributed by atoms with van der Waals surface area (Å²) in [6.45, 7) is 6.09. The molecule has 0 radical (unpaired) electrons. The maximum Gasteiger partial charge on any atom is 0.340 e. The number of benzene rings is 2. The van der Waals surface area contributed by atoms with E-state index < -0.39 is 0 Å². The second kappa shape index (κ2) is 5.68. The summed E-state index contributed by atoms with van der Waals surface area (Å²) in [5.74, 6) is -0.271. The van der Waals surface area contributed by atoms with Crippen LogP contribution in [-0.4, -0.2) is 17.6 Å². The quantitative estimate of drug-likeness (QED) is 0.715. The third-order valence-electron chi connectivity index (χ3n) is 3.89. The number of carbonyl (C=O) groups excluding carboxylic acids is 1. The summed E-state index contributed by atoms with van der Waals surface area (Å²) < 4.78 is 5.21. The number of rotatable bonds is 3. The van der Waals surface area contributed by atoms with Gasteiger partial charge < -0.3 is 9.72 Å². The zero-order valence-electron chi connectivity index (χ0n) is 13.1. The first-order chi connectivity index (χ1) is 10.6. The number of aromatic nitrogens is 1. The molecule has 3 nitrogen and oxygen atoms in total. The maximum atomic E-state index is 12.3. The van der Waals surface area contributed by atoms with E-state index in [0.717, 1.165) is 27.9 Å². The second-order valence-electron chi connectivity index (χ2n) is 5.41. The number of fused-ring (bicyclic) bond motifs is 1. The van der Waals surface area contributed by atoms with Gasteiger partial charge in [0.15, 0.2) is 0 Å². The molecule has 0 unspecified atom stereocenters. The van der Waals surface area contributed by atoms with E-state index in [0.29, 0.717) is 12.2 Å². The van der Waals surface area contributed by atoms with Crippen LogP contribution in [0.15, 0.2) is 42.5 Å². The van der Waals surface area contributed by atoms with E-state index in [1.807, 2.05) is 32.9 Å². The van der Waals surface area contributed by atoms with Gasteiger partial charge in [-0.1, -0.05) is 36.4 Å². The highest BCUT2D eigenvalue weighted by Crippen LogP contribution is 2.32. The summed E-state index contributed by atoms with van der Waals surface area (Å²) in [7, 11) is 0. The number of aromatic amines is 1. The van der Waals surface area contributed by atoms with Gasteiger partial charge in [-0.25, -0.2) is 4.79 Å². The summed E-state index contributed by atoms with van der Waals surface area (Å²) in [4.78, 5) is 15.6. The van der Waals surface area contributed by atoms with Crippen LogP contribution in [0.1, 0.15) is 28.7 Å². The smallest absolute Gasteiger partial charge is 0.340 e. The van der Waals surface area contributed by atoms with Crippen LogP contribution in [0.3, 0.4) is 0 Å². The minimum atomic E-state index is -0.271. The summed E-state index contributed by atoms with van der Waals surface area (Å²) in [6, 6.07) is 14.5. The van der Waals surface area contributed by atoms with Crippen LogP contribution in [0.2, 0.25) is 0 Å². The van der Waals surface area contributed by atoms with Crippen molar-refractivity contribution in [1.82, 2.24) is 4.98 Å². The Bertz CT molecular complexity index is 846. The van der Waals surface area contributed by atoms with Crippen LogP contribution in [0, 0.1) is 13.8 Å². The Balaban J connectivity index is 2.19. The number of H-pyrrole nitrogens is 1. The molecule has 1 heterocycles. The molecule has 0 fully saturated rings. The normalized spacial score (nSPS) is 10.9. The Morgan fingerprint density at radius 3 is 2.50 bits per heavy atom. The van der Waals surface area contributed by atoms with Gasteiger partial charge in [0.25, 0.3) is 0 Å². The van der Waals surface area contributed by atoms with Gasteiger partial charge in [-0.2, -0.15) is 0 Å². The first-order valence-electron chi connectivity index (χ1n) is 7.47. The van der Waals surface area contributed by atoms with Crippen molar-refractivity contribution in [2.24, 2.45) is 0 Å². The van der Waals surface area contributed by atoms with Gasteiger partial charge >= 0.3 is 5.97 Å². The zero-order valence-corrected chi connectivity index (χ0v) is 13.1. The van der Waals surface area contributed by atoms with Crippen LogP contribution in [0.5, 0.6) is 0 Å². The Hall–Kier alpha value is -2.55. The number of hydrogen-bond acceptors (Lipinski definition) is 2. The number of carbonyl (C=O) groups is 1. The number of aryl methyl sites for hydroxylation is 2. The summed E-state index contributed by atoms with van der Waals surface area (Å²) in [5.41, 5.74) is 4.43. The third kappa shape index (κ3) is 2.39. The van der Waals surface area contributed by atoms with Crippen molar-refractivity contribution in [3.8, 4) is 11.1 Å². The first-order valence-corrected chi connectivity index (χ1v) is 7.47. The highest BCUT2D eigenvalue weighted by Gasteiger charge is 2.21. The zero-order chi connectivity index (χ0) is 15.7. The molecule has 0 amide bonds. The van der Waals surface area contributed by atoms with Gasteiger partial charge in [-0.3, -0.25) is 0 Å². The largest absolute Gasteiger partial charge is 0.462 e. The average Bonchev–Trinajstić information content (AvgIpc) is 2.81. The molecule has 0 saturated carbocycles. The second-order valence-corrected chi connectivity index (χ2v) is 5.41. The van der Waals surface area contributed by atoms with Crippen LogP contribution in [0.4, 0.5) is 0 Å². The van der Waals surface area contributed by atoms with Crippen molar-refractivity contribution in [2.45, 2.75) is 20.8 Å². The molecule has 3 aromatic rings. The standard InChI is InChI=1S/C19H19NO2/c1-4-22-19(21)18-13(3)20-12(2)17(18)16-10-9-14-7-5-6-8-15(14)11-16/h5-11,20H,4H2,1-3H3. The highest BCUT2D eigenvalue weighted by molar-refractivity contribution is 6.01. The number of esters is 1.